The van der Waals surface area contributed by atoms with Crippen molar-refractivity contribution in [2.24, 2.45) is 0 Å². The number of amides is 1. The molecule has 0 bridgehead atoms. The largest absolute Gasteiger partial charge is 0.383 e. The van der Waals surface area contributed by atoms with Crippen LogP contribution in [0.15, 0.2) is 120 Å². The van der Waals surface area contributed by atoms with E-state index in [-0.39, 0.29) is 54.2 Å². The van der Waals surface area contributed by atoms with Crippen molar-refractivity contribution < 1.29 is 23.1 Å². The molecule has 0 spiro atoms. The van der Waals surface area contributed by atoms with Crippen molar-refractivity contribution >= 4 is 11.7 Å². The van der Waals surface area contributed by atoms with Gasteiger partial charge in [-0.05, 0) is 47.6 Å². The van der Waals surface area contributed by atoms with Gasteiger partial charge in [0.2, 0.25) is 0 Å². The van der Waals surface area contributed by atoms with Crippen LogP contribution in [0, 0.1) is 11.6 Å². The van der Waals surface area contributed by atoms with E-state index in [1.54, 1.807) is 16.7 Å². The summed E-state index contributed by atoms with van der Waals surface area (Å²) in [6, 6.07) is 32.2. The Bertz CT molecular complexity index is 1940. The molecule has 49 heavy (non-hydrogen) atoms. The molecule has 0 saturated heterocycles. The van der Waals surface area contributed by atoms with Gasteiger partial charge in [0.05, 0.1) is 18.2 Å². The van der Waals surface area contributed by atoms with Crippen LogP contribution in [-0.4, -0.2) is 48.2 Å². The molecule has 0 aliphatic carbocycles. The van der Waals surface area contributed by atoms with E-state index in [2.05, 4.69) is 0 Å². The Morgan fingerprint density at radius 3 is 2.06 bits per heavy atom. The summed E-state index contributed by atoms with van der Waals surface area (Å²) < 4.78 is 35.1. The molecule has 0 saturated carbocycles. The monoisotopic (exact) mass is 661 g/mol. The van der Waals surface area contributed by atoms with Crippen LogP contribution in [0.5, 0.6) is 0 Å². The second-order valence-electron chi connectivity index (χ2n) is 12.1. The molecule has 4 aromatic carbocycles. The zero-order chi connectivity index (χ0) is 34.3. The first-order valence-corrected chi connectivity index (χ1v) is 16.3. The molecule has 7 nitrogen and oxygen atoms in total. The van der Waals surface area contributed by atoms with Crippen molar-refractivity contribution in [3.05, 3.63) is 176 Å². The molecule has 0 radical (unpaired) electrons. The van der Waals surface area contributed by atoms with Gasteiger partial charge in [-0.3, -0.25) is 24.1 Å². The lowest BCUT2D eigenvalue weighted by Crippen LogP contribution is -2.57. The number of fused-ring (bicyclic) bond motifs is 1. The molecule has 0 atom stereocenters. The number of hydrogen-bond donors (Lipinski definition) is 0. The molecule has 1 aliphatic heterocycles. The molecular weight excluding hydrogens is 624 g/mol. The lowest BCUT2D eigenvalue weighted by Gasteiger charge is -2.44. The summed E-state index contributed by atoms with van der Waals surface area (Å²) in [5, 5.41) is 2.00. The van der Waals surface area contributed by atoms with Gasteiger partial charge in [0.1, 0.15) is 24.0 Å². The highest BCUT2D eigenvalue weighted by atomic mass is 19.1. The van der Waals surface area contributed by atoms with E-state index in [1.165, 1.54) is 12.3 Å². The van der Waals surface area contributed by atoms with Crippen LogP contribution in [0.2, 0.25) is 0 Å². The van der Waals surface area contributed by atoms with E-state index in [0.717, 1.165) is 28.8 Å². The Labute approximate surface area is 284 Å². The molecular formula is C40H37F2N3O4. The number of halogens is 2. The lowest BCUT2D eigenvalue weighted by molar-refractivity contribution is 0.0617. The second kappa shape index (κ2) is 15.2. The van der Waals surface area contributed by atoms with E-state index in [1.807, 2.05) is 96.0 Å². The molecule has 6 rings (SSSR count). The zero-order valence-electron chi connectivity index (χ0n) is 27.2. The highest BCUT2D eigenvalue weighted by Gasteiger charge is 2.37. The first-order valence-electron chi connectivity index (χ1n) is 16.3. The smallest absolute Gasteiger partial charge is 0.274 e. The summed E-state index contributed by atoms with van der Waals surface area (Å²) in [6.07, 6.45) is 1.95. The maximum absolute atomic E-state index is 14.5. The minimum Gasteiger partial charge on any atom is -0.383 e. The number of rotatable bonds is 13. The maximum atomic E-state index is 14.5. The molecule has 1 amide bonds. The third kappa shape index (κ3) is 7.37. The second-order valence-corrected chi connectivity index (χ2v) is 12.1. The Morgan fingerprint density at radius 2 is 1.45 bits per heavy atom. The average molecular weight is 662 g/mol. The highest BCUT2D eigenvalue weighted by molar-refractivity contribution is 5.99. The minimum atomic E-state index is -0.750. The molecule has 9 heteroatoms. The van der Waals surface area contributed by atoms with Gasteiger partial charge in [-0.2, -0.15) is 0 Å². The third-order valence-corrected chi connectivity index (χ3v) is 8.90. The molecule has 1 aliphatic rings. The molecule has 0 N–H and O–H groups in total. The normalized spacial score (nSPS) is 12.8. The molecule has 250 valence electrons. The van der Waals surface area contributed by atoms with Gasteiger partial charge in [0.15, 0.2) is 11.2 Å². The van der Waals surface area contributed by atoms with E-state index in [0.29, 0.717) is 19.6 Å². The number of ether oxygens (including phenoxy) is 1. The van der Waals surface area contributed by atoms with Gasteiger partial charge < -0.3 is 9.64 Å². The number of hydrogen-bond acceptors (Lipinski definition) is 5. The van der Waals surface area contributed by atoms with Crippen LogP contribution >= 0.6 is 0 Å². The highest BCUT2D eigenvalue weighted by Crippen LogP contribution is 2.32. The predicted octanol–water partition coefficient (Wildman–Crippen LogP) is 6.51. The number of aromatic nitrogens is 1. The van der Waals surface area contributed by atoms with Crippen LogP contribution in [0.3, 0.4) is 0 Å². The summed E-state index contributed by atoms with van der Waals surface area (Å²) in [7, 11) is 1.57. The Morgan fingerprint density at radius 1 is 0.816 bits per heavy atom. The number of pyridine rings is 1. The summed E-state index contributed by atoms with van der Waals surface area (Å²) in [5.41, 5.74) is 2.88. The summed E-state index contributed by atoms with van der Waals surface area (Å²) in [6.45, 7) is 0.735. The lowest BCUT2D eigenvalue weighted by atomic mass is 9.95. The maximum Gasteiger partial charge on any atom is 0.274 e. The van der Waals surface area contributed by atoms with E-state index < -0.39 is 28.9 Å². The quantitative estimate of drug-likeness (QED) is 0.135. The number of benzene rings is 4. The first-order chi connectivity index (χ1) is 23.9. The number of aryl methyl sites for hydroxylation is 2. The summed E-state index contributed by atoms with van der Waals surface area (Å²) in [5.74, 6) is -2.28. The van der Waals surface area contributed by atoms with Crippen molar-refractivity contribution in [2.45, 2.75) is 31.7 Å². The van der Waals surface area contributed by atoms with Crippen LogP contribution in [0.25, 0.3) is 0 Å². The Kier molecular flexibility index (Phi) is 10.4. The standard InChI is InChI=1S/C40H37F2N3O4/c1-49-24-23-43-27-45(37(30-13-7-3-8-14-30)31-15-9-4-10-16-31)44-26-34(36(46)22-19-29-18-20-32(41)25-35(29)42)39(47)33(38(44)40(43)48)21-17-28-11-5-2-6-12-28/h2-16,18,20,25-26,37H,17,19,21-24,27H2,1H3. The molecule has 0 unspecified atom stereocenters. The fourth-order valence-electron chi connectivity index (χ4n) is 6.38. The SMILES string of the molecule is COCCN1CN(C(c2ccccc2)c2ccccc2)n2cc(C(=O)CCc3ccc(F)cc3F)c(=O)c(CCc3ccccc3)c2C1=O. The topological polar surface area (TPSA) is 71.8 Å². The van der Waals surface area contributed by atoms with E-state index >= 15 is 0 Å². The third-order valence-electron chi connectivity index (χ3n) is 8.90. The predicted molar refractivity (Wildman–Crippen MR) is 184 cm³/mol. The van der Waals surface area contributed by atoms with Crippen molar-refractivity contribution in [2.75, 3.05) is 31.9 Å². The number of carbonyl (C=O) groups excluding carboxylic acids is 2. The molecule has 0 fully saturated rings. The Balaban J connectivity index is 1.51. The van der Waals surface area contributed by atoms with Gasteiger partial charge in [0, 0.05) is 37.9 Å². The summed E-state index contributed by atoms with van der Waals surface area (Å²) in [4.78, 5) is 44.2. The number of ketones is 1. The van der Waals surface area contributed by atoms with E-state index in [4.69, 9.17) is 4.74 Å². The number of Topliss-reactive ketones (excluding diaryl/α,β-unsaturated/α-hetero) is 1. The van der Waals surface area contributed by atoms with Crippen molar-refractivity contribution in [3.63, 3.8) is 0 Å². The Hall–Kier alpha value is -5.41. The number of methoxy groups -OCH3 is 1. The van der Waals surface area contributed by atoms with Gasteiger partial charge in [-0.1, -0.05) is 97.1 Å². The molecule has 5 aromatic rings. The fraction of sp³-hybridized carbons (Fsp3) is 0.225. The first kappa shape index (κ1) is 33.5. The molecule has 2 heterocycles. The molecule has 1 aromatic heterocycles. The van der Waals surface area contributed by atoms with Crippen molar-refractivity contribution in [3.8, 4) is 0 Å². The van der Waals surface area contributed by atoms with Crippen molar-refractivity contribution in [1.82, 2.24) is 9.58 Å². The minimum absolute atomic E-state index is 0.0183. The van der Waals surface area contributed by atoms with Gasteiger partial charge in [-0.15, -0.1) is 0 Å². The van der Waals surface area contributed by atoms with E-state index in [9.17, 15) is 23.2 Å². The van der Waals surface area contributed by atoms with Gasteiger partial charge >= 0.3 is 0 Å². The van der Waals surface area contributed by atoms with Crippen molar-refractivity contribution in [1.29, 1.82) is 0 Å². The average Bonchev–Trinajstić information content (AvgIpc) is 3.12. The fourth-order valence-corrected chi connectivity index (χ4v) is 6.38. The van der Waals surface area contributed by atoms with Crippen LogP contribution in [-0.2, 0) is 24.0 Å². The van der Waals surface area contributed by atoms with Crippen LogP contribution in [0.1, 0.15) is 61.1 Å². The number of nitrogens with zero attached hydrogens (tertiary/aromatic N) is 3. The summed E-state index contributed by atoms with van der Waals surface area (Å²) >= 11 is 0. The van der Waals surface area contributed by atoms with Gasteiger partial charge in [-0.25, -0.2) is 8.78 Å². The van der Waals surface area contributed by atoms with Crippen LogP contribution < -0.4 is 10.4 Å². The van der Waals surface area contributed by atoms with Gasteiger partial charge in [0.25, 0.3) is 5.91 Å². The number of carbonyl (C=O) groups is 2. The zero-order valence-corrected chi connectivity index (χ0v) is 27.2. The van der Waals surface area contributed by atoms with Crippen LogP contribution in [0.4, 0.5) is 8.78 Å².